The standard InChI is InChI=1S/C17H17NO/c1-2-12-19-17-10-8-16(9-11-17)14-18-13-15-6-4-3-5-7-15/h1,3-11,18H,12-14H2. The predicted octanol–water partition coefficient (Wildman–Crippen LogP) is 2.99. The van der Waals surface area contributed by atoms with E-state index in [1.54, 1.807) is 0 Å². The van der Waals surface area contributed by atoms with Crippen LogP contribution in [0, 0.1) is 12.3 Å². The van der Waals surface area contributed by atoms with Gasteiger partial charge in [-0.2, -0.15) is 0 Å². The van der Waals surface area contributed by atoms with Crippen LogP contribution in [0.4, 0.5) is 0 Å². The Morgan fingerprint density at radius 2 is 1.53 bits per heavy atom. The van der Waals surface area contributed by atoms with Crippen LogP contribution in [-0.2, 0) is 13.1 Å². The van der Waals surface area contributed by atoms with E-state index in [-0.39, 0.29) is 0 Å². The van der Waals surface area contributed by atoms with Gasteiger partial charge in [-0.1, -0.05) is 48.4 Å². The molecule has 0 aliphatic rings. The fraction of sp³-hybridized carbons (Fsp3) is 0.176. The lowest BCUT2D eigenvalue weighted by molar-refractivity contribution is 0.370. The first-order chi connectivity index (χ1) is 9.38. The van der Waals surface area contributed by atoms with Gasteiger partial charge in [0.05, 0.1) is 0 Å². The van der Waals surface area contributed by atoms with Crippen LogP contribution in [0.1, 0.15) is 11.1 Å². The molecule has 2 aromatic carbocycles. The second-order valence-electron chi connectivity index (χ2n) is 4.23. The van der Waals surface area contributed by atoms with Gasteiger partial charge in [-0.05, 0) is 23.3 Å². The first-order valence-electron chi connectivity index (χ1n) is 6.28. The van der Waals surface area contributed by atoms with E-state index in [0.717, 1.165) is 18.8 Å². The molecule has 2 nitrogen and oxygen atoms in total. The minimum absolute atomic E-state index is 0.311. The Morgan fingerprint density at radius 3 is 2.16 bits per heavy atom. The van der Waals surface area contributed by atoms with Crippen molar-refractivity contribution in [1.29, 1.82) is 0 Å². The van der Waals surface area contributed by atoms with Gasteiger partial charge in [-0.3, -0.25) is 0 Å². The van der Waals surface area contributed by atoms with Crippen LogP contribution >= 0.6 is 0 Å². The summed E-state index contributed by atoms with van der Waals surface area (Å²) in [6.45, 7) is 2.02. The molecule has 19 heavy (non-hydrogen) atoms. The topological polar surface area (TPSA) is 21.3 Å². The second kappa shape index (κ2) is 7.25. The second-order valence-corrected chi connectivity index (χ2v) is 4.23. The van der Waals surface area contributed by atoms with Crippen molar-refractivity contribution >= 4 is 0 Å². The third kappa shape index (κ3) is 4.50. The summed E-state index contributed by atoms with van der Waals surface area (Å²) in [5.41, 5.74) is 2.51. The van der Waals surface area contributed by atoms with E-state index in [4.69, 9.17) is 11.2 Å². The summed E-state index contributed by atoms with van der Waals surface area (Å²) in [5.74, 6) is 3.26. The average Bonchev–Trinajstić information content (AvgIpc) is 2.47. The van der Waals surface area contributed by atoms with Gasteiger partial charge >= 0.3 is 0 Å². The van der Waals surface area contributed by atoms with Crippen molar-refractivity contribution in [1.82, 2.24) is 5.32 Å². The summed E-state index contributed by atoms with van der Waals surface area (Å²) < 4.78 is 5.33. The highest BCUT2D eigenvalue weighted by Crippen LogP contribution is 2.12. The molecule has 0 amide bonds. The molecule has 2 aromatic rings. The third-order valence-electron chi connectivity index (χ3n) is 2.75. The number of ether oxygens (including phenoxy) is 1. The lowest BCUT2D eigenvalue weighted by Crippen LogP contribution is -2.12. The number of hydrogen-bond acceptors (Lipinski definition) is 2. The lowest BCUT2D eigenvalue weighted by atomic mass is 10.2. The summed E-state index contributed by atoms with van der Waals surface area (Å²) in [5, 5.41) is 3.41. The molecule has 0 atom stereocenters. The zero-order chi connectivity index (χ0) is 13.3. The van der Waals surface area contributed by atoms with Crippen LogP contribution < -0.4 is 10.1 Å². The van der Waals surface area contributed by atoms with Gasteiger partial charge in [0.15, 0.2) is 0 Å². The highest BCUT2D eigenvalue weighted by molar-refractivity contribution is 5.27. The van der Waals surface area contributed by atoms with Crippen molar-refractivity contribution in [3.8, 4) is 18.1 Å². The summed E-state index contributed by atoms with van der Waals surface area (Å²) >= 11 is 0. The molecular formula is C17H17NO. The molecule has 0 heterocycles. The summed E-state index contributed by atoms with van der Waals surface area (Å²) in [6.07, 6.45) is 5.14. The molecule has 0 aromatic heterocycles. The SMILES string of the molecule is C#CCOc1ccc(CNCc2ccccc2)cc1. The van der Waals surface area contributed by atoms with E-state index in [1.807, 2.05) is 30.3 Å². The Labute approximate surface area is 114 Å². The van der Waals surface area contributed by atoms with Crippen molar-refractivity contribution in [2.24, 2.45) is 0 Å². The van der Waals surface area contributed by atoms with Crippen LogP contribution in [0.25, 0.3) is 0 Å². The van der Waals surface area contributed by atoms with E-state index >= 15 is 0 Å². The van der Waals surface area contributed by atoms with Crippen LogP contribution in [-0.4, -0.2) is 6.61 Å². The van der Waals surface area contributed by atoms with Crippen LogP contribution in [0.5, 0.6) is 5.75 Å². The van der Waals surface area contributed by atoms with Crippen molar-refractivity contribution in [3.63, 3.8) is 0 Å². The summed E-state index contributed by atoms with van der Waals surface area (Å²) in [7, 11) is 0. The maximum atomic E-state index is 5.33. The van der Waals surface area contributed by atoms with E-state index in [2.05, 4.69) is 35.5 Å². The van der Waals surface area contributed by atoms with Crippen molar-refractivity contribution in [2.75, 3.05) is 6.61 Å². The Morgan fingerprint density at radius 1 is 0.895 bits per heavy atom. The van der Waals surface area contributed by atoms with Gasteiger partial charge < -0.3 is 10.1 Å². The Balaban J connectivity index is 1.79. The minimum atomic E-state index is 0.311. The first-order valence-corrected chi connectivity index (χ1v) is 6.28. The molecule has 0 bridgehead atoms. The largest absolute Gasteiger partial charge is 0.481 e. The normalized spacial score (nSPS) is 9.84. The van der Waals surface area contributed by atoms with Crippen molar-refractivity contribution < 1.29 is 4.74 Å². The molecule has 0 fully saturated rings. The van der Waals surface area contributed by atoms with Crippen LogP contribution in [0.2, 0.25) is 0 Å². The molecule has 0 saturated carbocycles. The molecule has 1 N–H and O–H groups in total. The van der Waals surface area contributed by atoms with Crippen LogP contribution in [0.15, 0.2) is 54.6 Å². The number of rotatable bonds is 6. The zero-order valence-electron chi connectivity index (χ0n) is 10.8. The first kappa shape index (κ1) is 13.2. The molecule has 0 spiro atoms. The summed E-state index contributed by atoms with van der Waals surface area (Å²) in [6, 6.07) is 18.3. The van der Waals surface area contributed by atoms with Crippen molar-refractivity contribution in [2.45, 2.75) is 13.1 Å². The zero-order valence-corrected chi connectivity index (χ0v) is 10.8. The van der Waals surface area contributed by atoms with Gasteiger partial charge in [0.2, 0.25) is 0 Å². The molecule has 0 unspecified atom stereocenters. The molecule has 2 heteroatoms. The molecular weight excluding hydrogens is 234 g/mol. The number of terminal acetylenes is 1. The quantitative estimate of drug-likeness (QED) is 0.797. The van der Waals surface area contributed by atoms with E-state index in [9.17, 15) is 0 Å². The molecule has 0 aliphatic carbocycles. The average molecular weight is 251 g/mol. The number of nitrogens with one attached hydrogen (secondary N) is 1. The molecule has 2 rings (SSSR count). The Bertz CT molecular complexity index is 525. The number of benzene rings is 2. The Hall–Kier alpha value is -2.24. The Kier molecular flexibility index (Phi) is 5.04. The third-order valence-corrected chi connectivity index (χ3v) is 2.75. The van der Waals surface area contributed by atoms with Crippen LogP contribution in [0.3, 0.4) is 0 Å². The maximum Gasteiger partial charge on any atom is 0.148 e. The van der Waals surface area contributed by atoms with Gasteiger partial charge in [-0.15, -0.1) is 6.42 Å². The fourth-order valence-electron chi connectivity index (χ4n) is 1.78. The fourth-order valence-corrected chi connectivity index (χ4v) is 1.78. The number of hydrogen-bond donors (Lipinski definition) is 1. The highest BCUT2D eigenvalue weighted by Gasteiger charge is 1.96. The van der Waals surface area contributed by atoms with Gasteiger partial charge in [0.1, 0.15) is 12.4 Å². The molecule has 0 aliphatic heterocycles. The van der Waals surface area contributed by atoms with Gasteiger partial charge in [-0.25, -0.2) is 0 Å². The summed E-state index contributed by atoms with van der Waals surface area (Å²) in [4.78, 5) is 0. The van der Waals surface area contributed by atoms with E-state index in [0.29, 0.717) is 6.61 Å². The molecule has 0 saturated heterocycles. The maximum absolute atomic E-state index is 5.33. The van der Waals surface area contributed by atoms with Gasteiger partial charge in [0.25, 0.3) is 0 Å². The molecule has 0 radical (unpaired) electrons. The van der Waals surface area contributed by atoms with E-state index < -0.39 is 0 Å². The molecule has 96 valence electrons. The smallest absolute Gasteiger partial charge is 0.148 e. The monoisotopic (exact) mass is 251 g/mol. The van der Waals surface area contributed by atoms with E-state index in [1.165, 1.54) is 11.1 Å². The lowest BCUT2D eigenvalue weighted by Gasteiger charge is -2.06. The predicted molar refractivity (Wildman–Crippen MR) is 77.8 cm³/mol. The van der Waals surface area contributed by atoms with Gasteiger partial charge in [0, 0.05) is 13.1 Å². The minimum Gasteiger partial charge on any atom is -0.481 e. The highest BCUT2D eigenvalue weighted by atomic mass is 16.5. The van der Waals surface area contributed by atoms with Crippen molar-refractivity contribution in [3.05, 3.63) is 65.7 Å².